The van der Waals surface area contributed by atoms with Crippen molar-refractivity contribution in [3.05, 3.63) is 46.0 Å². The summed E-state index contributed by atoms with van der Waals surface area (Å²) in [5.41, 5.74) is 0.693. The van der Waals surface area contributed by atoms with E-state index in [9.17, 15) is 14.9 Å². The second kappa shape index (κ2) is 6.51. The van der Waals surface area contributed by atoms with Crippen LogP contribution in [0.1, 0.15) is 12.5 Å². The lowest BCUT2D eigenvalue weighted by molar-refractivity contribution is -0.384. The Balaban J connectivity index is 2.56. The third-order valence-corrected chi connectivity index (χ3v) is 2.10. The molecule has 2 N–H and O–H groups in total. The van der Waals surface area contributed by atoms with Gasteiger partial charge in [0, 0.05) is 24.8 Å². The van der Waals surface area contributed by atoms with E-state index >= 15 is 0 Å². The first kappa shape index (κ1) is 13.9. The number of hydrogen-bond donors (Lipinski definition) is 2. The molecular weight excluding hydrogens is 236 g/mol. The number of rotatable bonds is 5. The molecule has 1 atom stereocenters. The lowest BCUT2D eigenvalue weighted by Crippen LogP contribution is -2.28. The lowest BCUT2D eigenvalue weighted by atomic mass is 10.2. The summed E-state index contributed by atoms with van der Waals surface area (Å²) in [5, 5.41) is 21.9. The number of benzene rings is 1. The zero-order chi connectivity index (χ0) is 13.5. The largest absolute Gasteiger partial charge is 0.392 e. The Hall–Kier alpha value is -2.21. The normalized spacial score (nSPS) is 12.3. The maximum absolute atomic E-state index is 11.3. The number of carbonyl (C=O) groups excluding carboxylic acids is 1. The molecule has 0 fully saturated rings. The van der Waals surface area contributed by atoms with Crippen LogP contribution >= 0.6 is 0 Å². The fourth-order valence-corrected chi connectivity index (χ4v) is 1.19. The average Bonchev–Trinajstić information content (AvgIpc) is 2.34. The van der Waals surface area contributed by atoms with Crippen molar-refractivity contribution in [1.29, 1.82) is 0 Å². The molecule has 18 heavy (non-hydrogen) atoms. The van der Waals surface area contributed by atoms with Crippen molar-refractivity contribution in [3.8, 4) is 0 Å². The summed E-state index contributed by atoms with van der Waals surface area (Å²) in [4.78, 5) is 21.2. The predicted octanol–water partition coefficient (Wildman–Crippen LogP) is 1.11. The van der Waals surface area contributed by atoms with Crippen molar-refractivity contribution in [2.45, 2.75) is 13.0 Å². The Morgan fingerprint density at radius 2 is 2.11 bits per heavy atom. The molecule has 0 aliphatic heterocycles. The van der Waals surface area contributed by atoms with Crippen molar-refractivity contribution >= 4 is 17.7 Å². The minimum Gasteiger partial charge on any atom is -0.392 e. The smallest absolute Gasteiger partial charge is 0.269 e. The summed E-state index contributed by atoms with van der Waals surface area (Å²) in [6, 6.07) is 5.84. The summed E-state index contributed by atoms with van der Waals surface area (Å²) >= 11 is 0. The molecule has 0 unspecified atom stereocenters. The number of nitrogens with one attached hydrogen (secondary N) is 1. The van der Waals surface area contributed by atoms with Crippen LogP contribution in [0.2, 0.25) is 0 Å². The van der Waals surface area contributed by atoms with E-state index in [1.54, 1.807) is 25.1 Å². The zero-order valence-electron chi connectivity index (χ0n) is 9.87. The van der Waals surface area contributed by atoms with Crippen molar-refractivity contribution in [1.82, 2.24) is 5.32 Å². The van der Waals surface area contributed by atoms with Gasteiger partial charge in [-0.2, -0.15) is 0 Å². The minimum absolute atomic E-state index is 0.00528. The Morgan fingerprint density at radius 1 is 1.50 bits per heavy atom. The maximum atomic E-state index is 11.3. The number of aliphatic hydroxyl groups excluding tert-OH is 1. The second-order valence-corrected chi connectivity index (χ2v) is 3.78. The summed E-state index contributed by atoms with van der Waals surface area (Å²) < 4.78 is 0. The molecule has 1 aromatic rings. The van der Waals surface area contributed by atoms with E-state index in [2.05, 4.69) is 5.32 Å². The summed E-state index contributed by atoms with van der Waals surface area (Å²) in [5.74, 6) is -0.325. The molecule has 1 aromatic carbocycles. The van der Waals surface area contributed by atoms with E-state index in [0.29, 0.717) is 5.56 Å². The third-order valence-electron chi connectivity index (χ3n) is 2.10. The molecule has 1 amide bonds. The van der Waals surface area contributed by atoms with Crippen molar-refractivity contribution in [3.63, 3.8) is 0 Å². The summed E-state index contributed by atoms with van der Waals surface area (Å²) in [7, 11) is 0. The topological polar surface area (TPSA) is 92.5 Å². The first-order chi connectivity index (χ1) is 8.49. The Bertz CT molecular complexity index is 452. The van der Waals surface area contributed by atoms with E-state index in [0.717, 1.165) is 0 Å². The highest BCUT2D eigenvalue weighted by atomic mass is 16.6. The van der Waals surface area contributed by atoms with Crippen molar-refractivity contribution in [2.24, 2.45) is 0 Å². The van der Waals surface area contributed by atoms with Crippen LogP contribution < -0.4 is 5.32 Å². The predicted molar refractivity (Wildman–Crippen MR) is 66.8 cm³/mol. The standard InChI is InChI=1S/C12H14N2O4/c1-9(15)8-13-12(16)7-4-10-2-5-11(6-3-10)14(17)18/h2-7,9,15H,8H2,1H3,(H,13,16)/b7-4+/t9-/m1/s1. The van der Waals surface area contributed by atoms with Crippen LogP contribution in [-0.4, -0.2) is 28.6 Å². The average molecular weight is 250 g/mol. The van der Waals surface area contributed by atoms with Crippen molar-refractivity contribution < 1.29 is 14.8 Å². The van der Waals surface area contributed by atoms with Crippen LogP contribution in [0.4, 0.5) is 5.69 Å². The van der Waals surface area contributed by atoms with Gasteiger partial charge in [-0.3, -0.25) is 14.9 Å². The number of nitrogens with zero attached hydrogens (tertiary/aromatic N) is 1. The fourth-order valence-electron chi connectivity index (χ4n) is 1.19. The molecule has 96 valence electrons. The molecular formula is C12H14N2O4. The number of carbonyl (C=O) groups is 1. The van der Waals surface area contributed by atoms with Gasteiger partial charge >= 0.3 is 0 Å². The number of hydrogen-bond acceptors (Lipinski definition) is 4. The minimum atomic E-state index is -0.596. The van der Waals surface area contributed by atoms with E-state index < -0.39 is 11.0 Å². The van der Waals surface area contributed by atoms with Gasteiger partial charge in [-0.15, -0.1) is 0 Å². The highest BCUT2D eigenvalue weighted by Crippen LogP contribution is 2.12. The first-order valence-electron chi connectivity index (χ1n) is 5.37. The van der Waals surface area contributed by atoms with E-state index in [1.165, 1.54) is 18.2 Å². The van der Waals surface area contributed by atoms with Crippen LogP contribution in [-0.2, 0) is 4.79 Å². The molecule has 6 heteroatoms. The third kappa shape index (κ3) is 4.75. The van der Waals surface area contributed by atoms with Gasteiger partial charge in [0.2, 0.25) is 5.91 Å². The highest BCUT2D eigenvalue weighted by Gasteiger charge is 2.02. The monoisotopic (exact) mass is 250 g/mol. The Morgan fingerprint density at radius 3 is 2.61 bits per heavy atom. The van der Waals surface area contributed by atoms with Gasteiger partial charge in [0.05, 0.1) is 11.0 Å². The van der Waals surface area contributed by atoms with Gasteiger partial charge in [-0.25, -0.2) is 0 Å². The van der Waals surface area contributed by atoms with Gasteiger partial charge in [-0.1, -0.05) is 0 Å². The van der Waals surface area contributed by atoms with Crippen LogP contribution in [0, 0.1) is 10.1 Å². The fraction of sp³-hybridized carbons (Fsp3) is 0.250. The molecule has 0 bridgehead atoms. The van der Waals surface area contributed by atoms with E-state index in [4.69, 9.17) is 5.11 Å². The van der Waals surface area contributed by atoms with Crippen LogP contribution in [0.25, 0.3) is 6.08 Å². The molecule has 0 aliphatic carbocycles. The maximum Gasteiger partial charge on any atom is 0.269 e. The molecule has 0 aliphatic rings. The first-order valence-corrected chi connectivity index (χ1v) is 5.37. The lowest BCUT2D eigenvalue weighted by Gasteiger charge is -2.03. The molecule has 0 aromatic heterocycles. The number of aliphatic hydroxyl groups is 1. The Kier molecular flexibility index (Phi) is 5.01. The quantitative estimate of drug-likeness (QED) is 0.465. The number of nitro groups is 1. The number of non-ortho nitro benzene ring substituents is 1. The van der Waals surface area contributed by atoms with Gasteiger partial charge in [-0.05, 0) is 30.7 Å². The van der Waals surface area contributed by atoms with Crippen LogP contribution in [0.3, 0.4) is 0 Å². The second-order valence-electron chi connectivity index (χ2n) is 3.78. The molecule has 6 nitrogen and oxygen atoms in total. The molecule has 0 saturated heterocycles. The number of nitro benzene ring substituents is 1. The number of amides is 1. The van der Waals surface area contributed by atoms with Gasteiger partial charge in [0.15, 0.2) is 0 Å². The van der Waals surface area contributed by atoms with E-state index in [1.807, 2.05) is 0 Å². The van der Waals surface area contributed by atoms with Gasteiger partial charge in [0.25, 0.3) is 5.69 Å². The molecule has 0 heterocycles. The van der Waals surface area contributed by atoms with Gasteiger partial charge < -0.3 is 10.4 Å². The Labute approximate surface area is 104 Å². The van der Waals surface area contributed by atoms with Crippen molar-refractivity contribution in [2.75, 3.05) is 6.54 Å². The SMILES string of the molecule is C[C@@H](O)CNC(=O)/C=C/c1ccc([N+](=O)[O-])cc1. The molecule has 1 rings (SSSR count). The highest BCUT2D eigenvalue weighted by molar-refractivity contribution is 5.91. The van der Waals surface area contributed by atoms with Gasteiger partial charge in [0.1, 0.15) is 0 Å². The molecule has 0 radical (unpaired) electrons. The summed E-state index contributed by atoms with van der Waals surface area (Å²) in [6.07, 6.45) is 2.26. The zero-order valence-corrected chi connectivity index (χ0v) is 9.87. The molecule has 0 saturated carbocycles. The summed E-state index contributed by atoms with van der Waals surface area (Å²) in [6.45, 7) is 1.75. The van der Waals surface area contributed by atoms with Crippen LogP contribution in [0.15, 0.2) is 30.3 Å². The molecule has 0 spiro atoms. The van der Waals surface area contributed by atoms with E-state index in [-0.39, 0.29) is 18.1 Å². The van der Waals surface area contributed by atoms with Crippen LogP contribution in [0.5, 0.6) is 0 Å².